The van der Waals surface area contributed by atoms with Gasteiger partial charge >= 0.3 is 6.18 Å². The van der Waals surface area contributed by atoms with Gasteiger partial charge in [-0.25, -0.2) is 4.52 Å². The molecule has 6 nitrogen and oxygen atoms in total. The molecule has 1 N–H and O–H groups in total. The van der Waals surface area contributed by atoms with E-state index in [1.807, 2.05) is 0 Å². The molecule has 0 saturated heterocycles. The third kappa shape index (κ3) is 3.32. The van der Waals surface area contributed by atoms with Crippen LogP contribution in [-0.4, -0.2) is 27.6 Å². The Labute approximate surface area is 152 Å². The molecule has 0 spiro atoms. The molecule has 9 heteroatoms. The van der Waals surface area contributed by atoms with Gasteiger partial charge in [0.1, 0.15) is 5.75 Å². The molecule has 1 aliphatic carbocycles. The Morgan fingerprint density at radius 2 is 2.04 bits per heavy atom. The summed E-state index contributed by atoms with van der Waals surface area (Å²) >= 11 is 0. The van der Waals surface area contributed by atoms with Crippen molar-refractivity contribution in [1.82, 2.24) is 14.6 Å². The number of amides is 1. The number of halogens is 3. The number of carbonyl (C=O) groups excluding carboxylic acids is 1. The van der Waals surface area contributed by atoms with Gasteiger partial charge in [0.2, 0.25) is 11.9 Å². The van der Waals surface area contributed by atoms with Crippen LogP contribution in [0.4, 0.5) is 19.1 Å². The minimum atomic E-state index is -4.48. The van der Waals surface area contributed by atoms with Crippen molar-refractivity contribution in [1.29, 1.82) is 0 Å². The molecule has 3 aromatic rings. The molecule has 1 aromatic carbocycles. The lowest BCUT2D eigenvalue weighted by Crippen LogP contribution is -2.14. The predicted octanol–water partition coefficient (Wildman–Crippen LogP) is 3.77. The van der Waals surface area contributed by atoms with Crippen molar-refractivity contribution in [2.45, 2.75) is 19.0 Å². The van der Waals surface area contributed by atoms with E-state index in [9.17, 15) is 18.0 Å². The van der Waals surface area contributed by atoms with E-state index in [-0.39, 0.29) is 29.1 Å². The van der Waals surface area contributed by atoms with Crippen molar-refractivity contribution in [2.24, 2.45) is 5.92 Å². The van der Waals surface area contributed by atoms with Crippen LogP contribution in [0.5, 0.6) is 5.75 Å². The van der Waals surface area contributed by atoms with Crippen molar-refractivity contribution >= 4 is 17.5 Å². The summed E-state index contributed by atoms with van der Waals surface area (Å²) in [6, 6.07) is 6.53. The van der Waals surface area contributed by atoms with Crippen LogP contribution in [0.25, 0.3) is 16.8 Å². The van der Waals surface area contributed by atoms with Crippen molar-refractivity contribution in [3.05, 3.63) is 42.1 Å². The van der Waals surface area contributed by atoms with Gasteiger partial charge in [0.05, 0.1) is 12.7 Å². The number of rotatable bonds is 4. The number of carbonyl (C=O) groups is 1. The summed E-state index contributed by atoms with van der Waals surface area (Å²) < 4.78 is 46.1. The van der Waals surface area contributed by atoms with Crippen molar-refractivity contribution in [3.8, 4) is 16.9 Å². The number of fused-ring (bicyclic) bond motifs is 1. The highest BCUT2D eigenvalue weighted by molar-refractivity contribution is 5.93. The van der Waals surface area contributed by atoms with Gasteiger partial charge in [-0.3, -0.25) is 10.1 Å². The second-order valence-corrected chi connectivity index (χ2v) is 6.30. The largest absolute Gasteiger partial charge is 0.496 e. The zero-order chi connectivity index (χ0) is 19.2. The number of nitrogens with zero attached hydrogens (tertiary/aromatic N) is 3. The van der Waals surface area contributed by atoms with Gasteiger partial charge in [0.25, 0.3) is 0 Å². The van der Waals surface area contributed by atoms with Crippen LogP contribution in [-0.2, 0) is 11.0 Å². The maximum Gasteiger partial charge on any atom is 0.416 e. The highest BCUT2D eigenvalue weighted by Gasteiger charge is 2.32. The van der Waals surface area contributed by atoms with E-state index in [0.717, 1.165) is 25.0 Å². The Morgan fingerprint density at radius 1 is 1.26 bits per heavy atom. The lowest BCUT2D eigenvalue weighted by molar-refractivity contribution is -0.137. The third-order valence-electron chi connectivity index (χ3n) is 4.36. The highest BCUT2D eigenvalue weighted by Crippen LogP contribution is 2.38. The van der Waals surface area contributed by atoms with Gasteiger partial charge < -0.3 is 4.74 Å². The zero-order valence-electron chi connectivity index (χ0n) is 14.2. The van der Waals surface area contributed by atoms with Crippen molar-refractivity contribution in [3.63, 3.8) is 0 Å². The smallest absolute Gasteiger partial charge is 0.416 e. The van der Waals surface area contributed by atoms with Crippen LogP contribution < -0.4 is 10.1 Å². The summed E-state index contributed by atoms with van der Waals surface area (Å²) in [6.45, 7) is 0. The maximum absolute atomic E-state index is 13.1. The quantitative estimate of drug-likeness (QED) is 0.753. The number of ether oxygens (including phenoxy) is 1. The molecule has 0 bridgehead atoms. The van der Waals surface area contributed by atoms with Crippen LogP contribution in [0.1, 0.15) is 18.4 Å². The average molecular weight is 376 g/mol. The molecule has 4 rings (SSSR count). The Kier molecular flexibility index (Phi) is 4.01. The van der Waals surface area contributed by atoms with E-state index < -0.39 is 11.7 Å². The zero-order valence-corrected chi connectivity index (χ0v) is 14.2. The summed E-state index contributed by atoms with van der Waals surface area (Å²) in [5.41, 5.74) is 0.188. The SMILES string of the molecule is COc1ccc(C(F)(F)F)cc1-c1cccn2nc(NC(=O)C3CC3)nc12. The monoisotopic (exact) mass is 376 g/mol. The molecule has 0 unspecified atom stereocenters. The van der Waals surface area contributed by atoms with Crippen LogP contribution in [0, 0.1) is 5.92 Å². The Bertz CT molecular complexity index is 1030. The summed E-state index contributed by atoms with van der Waals surface area (Å²) in [5.74, 6) is 0.233. The maximum atomic E-state index is 13.1. The highest BCUT2D eigenvalue weighted by atomic mass is 19.4. The number of pyridine rings is 1. The number of alkyl halides is 3. The first-order valence-electron chi connectivity index (χ1n) is 8.28. The van der Waals surface area contributed by atoms with E-state index >= 15 is 0 Å². The van der Waals surface area contributed by atoms with Gasteiger partial charge in [0, 0.05) is 23.2 Å². The summed E-state index contributed by atoms with van der Waals surface area (Å²) in [7, 11) is 1.39. The number of aromatic nitrogens is 3. The molecule has 1 amide bonds. The van der Waals surface area contributed by atoms with Crippen LogP contribution >= 0.6 is 0 Å². The van der Waals surface area contributed by atoms with E-state index in [1.165, 1.54) is 17.7 Å². The lowest BCUT2D eigenvalue weighted by Gasteiger charge is -2.13. The van der Waals surface area contributed by atoms with Gasteiger partial charge in [-0.15, -0.1) is 5.10 Å². The molecule has 2 aromatic heterocycles. The first kappa shape index (κ1) is 17.3. The number of anilines is 1. The second kappa shape index (κ2) is 6.26. The van der Waals surface area contributed by atoms with Crippen molar-refractivity contribution in [2.75, 3.05) is 12.4 Å². The second-order valence-electron chi connectivity index (χ2n) is 6.30. The minimum Gasteiger partial charge on any atom is -0.496 e. The summed E-state index contributed by atoms with van der Waals surface area (Å²) in [6.07, 6.45) is -1.19. The molecule has 0 atom stereocenters. The molecular weight excluding hydrogens is 361 g/mol. The molecule has 1 fully saturated rings. The average Bonchev–Trinajstić information content (AvgIpc) is 3.40. The third-order valence-corrected chi connectivity index (χ3v) is 4.36. The molecule has 140 valence electrons. The molecular formula is C18H15F3N4O2. The van der Waals surface area contributed by atoms with E-state index in [4.69, 9.17) is 4.74 Å². The van der Waals surface area contributed by atoms with Crippen LogP contribution in [0.3, 0.4) is 0 Å². The predicted molar refractivity (Wildman–Crippen MR) is 91.3 cm³/mol. The number of methoxy groups -OCH3 is 1. The molecule has 0 radical (unpaired) electrons. The molecule has 1 saturated carbocycles. The molecule has 27 heavy (non-hydrogen) atoms. The fraction of sp³-hybridized carbons (Fsp3) is 0.278. The van der Waals surface area contributed by atoms with Crippen LogP contribution in [0.2, 0.25) is 0 Å². The topological polar surface area (TPSA) is 68.5 Å². The van der Waals surface area contributed by atoms with Gasteiger partial charge in [-0.05, 0) is 43.2 Å². The molecule has 2 heterocycles. The summed E-state index contributed by atoms with van der Waals surface area (Å²) in [4.78, 5) is 16.2. The van der Waals surface area contributed by atoms with E-state index in [1.54, 1.807) is 18.3 Å². The van der Waals surface area contributed by atoms with Crippen LogP contribution in [0.15, 0.2) is 36.5 Å². The fourth-order valence-corrected chi connectivity index (χ4v) is 2.82. The lowest BCUT2D eigenvalue weighted by atomic mass is 10.0. The molecule has 0 aliphatic heterocycles. The van der Waals surface area contributed by atoms with E-state index in [2.05, 4.69) is 15.4 Å². The number of benzene rings is 1. The number of hydrogen-bond acceptors (Lipinski definition) is 4. The Morgan fingerprint density at radius 3 is 2.70 bits per heavy atom. The standard InChI is InChI=1S/C18H15F3N4O2/c1-27-14-7-6-11(18(19,20)21)9-13(14)12-3-2-8-25-15(12)22-17(24-25)23-16(26)10-4-5-10/h2-3,6-10H,4-5H2,1H3,(H,23,24,26). The number of nitrogens with one attached hydrogen (secondary N) is 1. The summed E-state index contributed by atoms with van der Waals surface area (Å²) in [5, 5.41) is 6.83. The normalized spacial score (nSPS) is 14.4. The van der Waals surface area contributed by atoms with Gasteiger partial charge in [-0.1, -0.05) is 0 Å². The number of hydrogen-bond donors (Lipinski definition) is 1. The first-order valence-corrected chi connectivity index (χ1v) is 8.28. The molecule has 1 aliphatic rings. The Hall–Kier alpha value is -3.10. The van der Waals surface area contributed by atoms with E-state index in [0.29, 0.717) is 11.2 Å². The van der Waals surface area contributed by atoms with Gasteiger partial charge in [0.15, 0.2) is 5.65 Å². The van der Waals surface area contributed by atoms with Gasteiger partial charge in [-0.2, -0.15) is 18.2 Å². The first-order chi connectivity index (χ1) is 12.9. The van der Waals surface area contributed by atoms with Crippen molar-refractivity contribution < 1.29 is 22.7 Å². The minimum absolute atomic E-state index is 0.0142. The Balaban J connectivity index is 1.81. The fourth-order valence-electron chi connectivity index (χ4n) is 2.82.